The summed E-state index contributed by atoms with van der Waals surface area (Å²) >= 11 is 0. The molecule has 2 N–H and O–H groups in total. The van der Waals surface area contributed by atoms with Crippen LogP contribution in [0.25, 0.3) is 0 Å². The molecule has 1 atom stereocenters. The summed E-state index contributed by atoms with van der Waals surface area (Å²) in [5.41, 5.74) is 5.38. The summed E-state index contributed by atoms with van der Waals surface area (Å²) < 4.78 is 10.7. The Morgan fingerprint density at radius 1 is 1.47 bits per heavy atom. The van der Waals surface area contributed by atoms with Gasteiger partial charge in [-0.2, -0.15) is 4.98 Å². The van der Waals surface area contributed by atoms with Crippen molar-refractivity contribution in [1.29, 1.82) is 0 Å². The van der Waals surface area contributed by atoms with Crippen molar-refractivity contribution in [3.05, 3.63) is 11.7 Å². The number of hydrogen-bond donors (Lipinski definition) is 1. The standard InChI is InChI=1S/C12H22N4O2.ClH/c1-4-9-8-17-6-5-16(9)7-10-14-11(15-18-10)12(2,3)13;/h9H,4-8,13H2,1-3H3;1H. The van der Waals surface area contributed by atoms with Crippen LogP contribution in [0.1, 0.15) is 38.9 Å². The smallest absolute Gasteiger partial charge is 0.240 e. The number of morpholine rings is 1. The van der Waals surface area contributed by atoms with Crippen LogP contribution >= 0.6 is 12.4 Å². The minimum atomic E-state index is -0.559. The molecule has 0 spiro atoms. The molecule has 0 bridgehead atoms. The Morgan fingerprint density at radius 3 is 2.79 bits per heavy atom. The van der Waals surface area contributed by atoms with Crippen LogP contribution in [0.3, 0.4) is 0 Å². The van der Waals surface area contributed by atoms with Gasteiger partial charge in [0.25, 0.3) is 0 Å². The van der Waals surface area contributed by atoms with E-state index in [4.69, 9.17) is 15.0 Å². The van der Waals surface area contributed by atoms with Crippen molar-refractivity contribution in [1.82, 2.24) is 15.0 Å². The zero-order chi connectivity index (χ0) is 13.2. The zero-order valence-corrected chi connectivity index (χ0v) is 12.6. The molecule has 0 amide bonds. The Balaban J connectivity index is 0.00000180. The molecule has 1 aliphatic rings. The number of rotatable bonds is 4. The van der Waals surface area contributed by atoms with Crippen LogP contribution in [-0.2, 0) is 16.8 Å². The quantitative estimate of drug-likeness (QED) is 0.900. The lowest BCUT2D eigenvalue weighted by Crippen LogP contribution is -2.44. The van der Waals surface area contributed by atoms with Crippen molar-refractivity contribution in [3.8, 4) is 0 Å². The van der Waals surface area contributed by atoms with E-state index in [0.717, 1.165) is 26.2 Å². The topological polar surface area (TPSA) is 77.4 Å². The molecule has 1 saturated heterocycles. The van der Waals surface area contributed by atoms with E-state index in [-0.39, 0.29) is 12.4 Å². The lowest BCUT2D eigenvalue weighted by Gasteiger charge is -2.33. The highest BCUT2D eigenvalue weighted by atomic mass is 35.5. The molecule has 6 nitrogen and oxygen atoms in total. The molecule has 1 aliphatic heterocycles. The predicted molar refractivity (Wildman–Crippen MR) is 74.1 cm³/mol. The third-order valence-corrected chi connectivity index (χ3v) is 3.20. The van der Waals surface area contributed by atoms with E-state index in [9.17, 15) is 0 Å². The lowest BCUT2D eigenvalue weighted by molar-refractivity contribution is -0.0167. The second-order valence-corrected chi connectivity index (χ2v) is 5.34. The fourth-order valence-electron chi connectivity index (χ4n) is 2.03. The number of aromatic nitrogens is 2. The first-order valence-corrected chi connectivity index (χ1v) is 6.44. The number of hydrogen-bond acceptors (Lipinski definition) is 6. The molecule has 0 aromatic carbocycles. The Morgan fingerprint density at radius 2 is 2.21 bits per heavy atom. The second-order valence-electron chi connectivity index (χ2n) is 5.34. The first-order valence-electron chi connectivity index (χ1n) is 6.44. The summed E-state index contributed by atoms with van der Waals surface area (Å²) in [6.45, 7) is 9.01. The molecular weight excluding hydrogens is 268 g/mol. The average Bonchev–Trinajstić information content (AvgIpc) is 2.78. The summed E-state index contributed by atoms with van der Waals surface area (Å²) in [5.74, 6) is 1.18. The van der Waals surface area contributed by atoms with Gasteiger partial charge in [-0.25, -0.2) is 0 Å². The van der Waals surface area contributed by atoms with E-state index < -0.39 is 5.54 Å². The maximum atomic E-state index is 5.94. The van der Waals surface area contributed by atoms with E-state index in [1.807, 2.05) is 13.8 Å². The van der Waals surface area contributed by atoms with Crippen molar-refractivity contribution in [3.63, 3.8) is 0 Å². The summed E-state index contributed by atoms with van der Waals surface area (Å²) in [7, 11) is 0. The SMILES string of the molecule is CCC1COCCN1Cc1nc(C(C)(C)N)no1.Cl. The summed E-state index contributed by atoms with van der Waals surface area (Å²) in [4.78, 5) is 6.68. The molecule has 0 radical (unpaired) electrons. The average molecular weight is 291 g/mol. The molecular formula is C12H23ClN4O2. The molecule has 0 aliphatic carbocycles. The minimum absolute atomic E-state index is 0. The van der Waals surface area contributed by atoms with Crippen molar-refractivity contribution < 1.29 is 9.26 Å². The van der Waals surface area contributed by atoms with Crippen LogP contribution in [0.5, 0.6) is 0 Å². The van der Waals surface area contributed by atoms with Crippen LogP contribution in [-0.4, -0.2) is 40.8 Å². The highest BCUT2D eigenvalue weighted by Crippen LogP contribution is 2.16. The largest absolute Gasteiger partial charge is 0.378 e. The van der Waals surface area contributed by atoms with Gasteiger partial charge in [0.2, 0.25) is 5.89 Å². The molecule has 1 fully saturated rings. The van der Waals surface area contributed by atoms with Crippen molar-refractivity contribution in [2.24, 2.45) is 5.73 Å². The van der Waals surface area contributed by atoms with E-state index in [2.05, 4.69) is 22.0 Å². The van der Waals surface area contributed by atoms with Crippen molar-refractivity contribution in [2.75, 3.05) is 19.8 Å². The van der Waals surface area contributed by atoms with Crippen molar-refractivity contribution in [2.45, 2.75) is 45.3 Å². The third kappa shape index (κ3) is 4.14. The lowest BCUT2D eigenvalue weighted by atomic mass is 10.1. The Hall–Kier alpha value is -0.690. The zero-order valence-electron chi connectivity index (χ0n) is 11.8. The van der Waals surface area contributed by atoms with E-state index in [0.29, 0.717) is 24.3 Å². The summed E-state index contributed by atoms with van der Waals surface area (Å²) in [5, 5.41) is 3.93. The number of halogens is 1. The maximum absolute atomic E-state index is 5.94. The Kier molecular flexibility index (Phi) is 5.73. The highest BCUT2D eigenvalue weighted by Gasteiger charge is 2.25. The molecule has 2 heterocycles. The fraction of sp³-hybridized carbons (Fsp3) is 0.833. The Bertz CT molecular complexity index is 391. The maximum Gasteiger partial charge on any atom is 0.240 e. The molecule has 110 valence electrons. The van der Waals surface area contributed by atoms with Crippen LogP contribution in [0.15, 0.2) is 4.52 Å². The first kappa shape index (κ1) is 16.4. The number of ether oxygens (including phenoxy) is 1. The van der Waals surface area contributed by atoms with Gasteiger partial charge in [-0.3, -0.25) is 4.90 Å². The summed E-state index contributed by atoms with van der Waals surface area (Å²) in [6.07, 6.45) is 1.06. The van der Waals surface area contributed by atoms with Crippen molar-refractivity contribution >= 4 is 12.4 Å². The van der Waals surface area contributed by atoms with Gasteiger partial charge in [0, 0.05) is 12.6 Å². The van der Waals surface area contributed by atoms with Gasteiger partial charge in [0.1, 0.15) is 0 Å². The van der Waals surface area contributed by atoms with Gasteiger partial charge in [-0.05, 0) is 20.3 Å². The van der Waals surface area contributed by atoms with Gasteiger partial charge in [0.05, 0.1) is 25.3 Å². The fourth-order valence-corrected chi connectivity index (χ4v) is 2.03. The van der Waals surface area contributed by atoms with Crippen LogP contribution in [0.4, 0.5) is 0 Å². The van der Waals surface area contributed by atoms with Crippen LogP contribution in [0.2, 0.25) is 0 Å². The molecule has 19 heavy (non-hydrogen) atoms. The van der Waals surface area contributed by atoms with Gasteiger partial charge in [0.15, 0.2) is 5.82 Å². The minimum Gasteiger partial charge on any atom is -0.378 e. The molecule has 1 aromatic rings. The van der Waals surface area contributed by atoms with Gasteiger partial charge in [-0.1, -0.05) is 12.1 Å². The highest BCUT2D eigenvalue weighted by molar-refractivity contribution is 5.85. The monoisotopic (exact) mass is 290 g/mol. The van der Waals surface area contributed by atoms with E-state index in [1.165, 1.54) is 0 Å². The molecule has 1 unspecified atom stereocenters. The first-order chi connectivity index (χ1) is 8.50. The van der Waals surface area contributed by atoms with E-state index >= 15 is 0 Å². The molecule has 7 heteroatoms. The second kappa shape index (κ2) is 6.65. The predicted octanol–water partition coefficient (Wildman–Crippen LogP) is 1.30. The van der Waals surface area contributed by atoms with Crippen LogP contribution in [0, 0.1) is 0 Å². The normalized spacial score (nSPS) is 21.2. The molecule has 0 saturated carbocycles. The molecule has 2 rings (SSSR count). The van der Waals surface area contributed by atoms with E-state index in [1.54, 1.807) is 0 Å². The third-order valence-electron chi connectivity index (χ3n) is 3.20. The van der Waals surface area contributed by atoms with Crippen LogP contribution < -0.4 is 5.73 Å². The van der Waals surface area contributed by atoms with Gasteiger partial charge >= 0.3 is 0 Å². The van der Waals surface area contributed by atoms with Gasteiger partial charge in [-0.15, -0.1) is 12.4 Å². The summed E-state index contributed by atoms with van der Waals surface area (Å²) in [6, 6.07) is 0.431. The molecule has 1 aromatic heterocycles. The number of nitrogens with zero attached hydrogens (tertiary/aromatic N) is 3. The number of nitrogens with two attached hydrogens (primary N) is 1. The Labute approximate surface area is 120 Å². The van der Waals surface area contributed by atoms with Gasteiger partial charge < -0.3 is 15.0 Å².